The van der Waals surface area contributed by atoms with Crippen LogP contribution in [0.2, 0.25) is 0 Å². The first-order valence-corrected chi connectivity index (χ1v) is 7.97. The molecule has 0 atom stereocenters. The minimum absolute atomic E-state index is 0.110. The van der Waals surface area contributed by atoms with Crippen molar-refractivity contribution in [3.05, 3.63) is 59.7 Å². The highest BCUT2D eigenvalue weighted by Gasteiger charge is 2.09. The fourth-order valence-electron chi connectivity index (χ4n) is 1.81. The summed E-state index contributed by atoms with van der Waals surface area (Å²) in [6.45, 7) is 1.91. The Bertz CT molecular complexity index is 730. The lowest BCUT2D eigenvalue weighted by molar-refractivity contribution is -0.134. The van der Waals surface area contributed by atoms with E-state index in [0.717, 1.165) is 23.1 Å². The van der Waals surface area contributed by atoms with E-state index in [9.17, 15) is 9.59 Å². The lowest BCUT2D eigenvalue weighted by atomic mass is 10.2. The van der Waals surface area contributed by atoms with Crippen molar-refractivity contribution in [3.8, 4) is 11.8 Å². The zero-order valence-corrected chi connectivity index (χ0v) is 13.4. The number of benzene rings is 2. The smallest absolute Gasteiger partial charge is 0.311 e. The van der Waals surface area contributed by atoms with Crippen LogP contribution in [0.3, 0.4) is 0 Å². The van der Waals surface area contributed by atoms with Gasteiger partial charge in [0, 0.05) is 16.9 Å². The lowest BCUT2D eigenvalue weighted by Gasteiger charge is -2.05. The van der Waals surface area contributed by atoms with Gasteiger partial charge in [0.15, 0.2) is 0 Å². The van der Waals surface area contributed by atoms with Gasteiger partial charge >= 0.3 is 5.97 Å². The van der Waals surface area contributed by atoms with E-state index < -0.39 is 0 Å². The van der Waals surface area contributed by atoms with Gasteiger partial charge in [-0.1, -0.05) is 6.92 Å². The molecule has 2 aromatic carbocycles. The molecule has 0 heterocycles. The van der Waals surface area contributed by atoms with Crippen LogP contribution in [0, 0.1) is 11.3 Å². The summed E-state index contributed by atoms with van der Waals surface area (Å²) in [6.07, 6.45) is 1.10. The van der Waals surface area contributed by atoms with Crippen molar-refractivity contribution in [2.75, 3.05) is 0 Å². The fraction of sp³-hybridized carbons (Fsp3) is 0.167. The highest BCUT2D eigenvalue weighted by molar-refractivity contribution is 8.14. The highest BCUT2D eigenvalue weighted by atomic mass is 32.2. The first-order valence-electron chi connectivity index (χ1n) is 7.15. The zero-order valence-electron chi connectivity index (χ0n) is 12.6. The minimum Gasteiger partial charge on any atom is -0.427 e. The van der Waals surface area contributed by atoms with Gasteiger partial charge in [-0.3, -0.25) is 9.59 Å². The molecule has 0 aliphatic rings. The molecule has 0 aliphatic heterocycles. The van der Waals surface area contributed by atoms with Crippen molar-refractivity contribution in [1.82, 2.24) is 0 Å². The topological polar surface area (TPSA) is 67.2 Å². The third-order valence-electron chi connectivity index (χ3n) is 2.97. The molecule has 5 heteroatoms. The quantitative estimate of drug-likeness (QED) is 0.468. The van der Waals surface area contributed by atoms with E-state index >= 15 is 0 Å². The Kier molecular flexibility index (Phi) is 5.95. The molecule has 0 fully saturated rings. The number of nitriles is 1. The van der Waals surface area contributed by atoms with Crippen LogP contribution in [0.4, 0.5) is 0 Å². The number of esters is 1. The van der Waals surface area contributed by atoms with E-state index in [2.05, 4.69) is 0 Å². The summed E-state index contributed by atoms with van der Waals surface area (Å²) >= 11 is 1.09. The van der Waals surface area contributed by atoms with Crippen LogP contribution in [0.15, 0.2) is 53.4 Å². The summed E-state index contributed by atoms with van der Waals surface area (Å²) < 4.78 is 5.15. The first-order chi connectivity index (χ1) is 11.1. The molecule has 0 spiro atoms. The SMILES string of the molecule is CCCC(=O)Oc1ccc(C(=O)Sc2ccc(C#N)cc2)cc1. The predicted molar refractivity (Wildman–Crippen MR) is 88.3 cm³/mol. The molecule has 0 bridgehead atoms. The molecule has 0 amide bonds. The Morgan fingerprint density at radius 3 is 2.30 bits per heavy atom. The zero-order chi connectivity index (χ0) is 16.7. The summed E-state index contributed by atoms with van der Waals surface area (Å²) in [5, 5.41) is 8.64. The third kappa shape index (κ3) is 4.97. The Balaban J connectivity index is 1.99. The standard InChI is InChI=1S/C18H15NO3S/c1-2-3-17(20)22-15-8-6-14(7-9-15)18(21)23-16-10-4-13(12-19)5-11-16/h4-11H,2-3H2,1H3. The van der Waals surface area contributed by atoms with Gasteiger partial charge in [-0.15, -0.1) is 0 Å². The molecular formula is C18H15NO3S. The normalized spacial score (nSPS) is 9.91. The fourth-order valence-corrected chi connectivity index (χ4v) is 2.55. The van der Waals surface area contributed by atoms with E-state index in [1.807, 2.05) is 13.0 Å². The van der Waals surface area contributed by atoms with E-state index in [4.69, 9.17) is 10.00 Å². The van der Waals surface area contributed by atoms with Gasteiger partial charge in [0.1, 0.15) is 5.75 Å². The maximum Gasteiger partial charge on any atom is 0.311 e. The Hall–Kier alpha value is -2.58. The average Bonchev–Trinajstić information content (AvgIpc) is 2.56. The second kappa shape index (κ2) is 8.16. The van der Waals surface area contributed by atoms with E-state index in [1.165, 1.54) is 0 Å². The molecule has 0 unspecified atom stereocenters. The van der Waals surface area contributed by atoms with Crippen molar-refractivity contribution in [3.63, 3.8) is 0 Å². The molecule has 2 rings (SSSR count). The van der Waals surface area contributed by atoms with E-state index in [0.29, 0.717) is 23.3 Å². The van der Waals surface area contributed by atoms with Crippen LogP contribution in [0.5, 0.6) is 5.75 Å². The van der Waals surface area contributed by atoms with E-state index in [1.54, 1.807) is 48.5 Å². The summed E-state index contributed by atoms with van der Waals surface area (Å²) in [5.41, 5.74) is 1.08. The van der Waals surface area contributed by atoms with Crippen molar-refractivity contribution >= 4 is 22.8 Å². The Morgan fingerprint density at radius 2 is 1.74 bits per heavy atom. The number of thioether (sulfide) groups is 1. The number of nitrogens with zero attached hydrogens (tertiary/aromatic N) is 1. The van der Waals surface area contributed by atoms with Gasteiger partial charge in [0.2, 0.25) is 5.12 Å². The number of carbonyl (C=O) groups excluding carboxylic acids is 2. The molecule has 0 radical (unpaired) electrons. The molecule has 116 valence electrons. The molecule has 4 nitrogen and oxygen atoms in total. The maximum absolute atomic E-state index is 12.2. The summed E-state index contributed by atoms with van der Waals surface area (Å²) in [5.74, 6) is 0.155. The number of rotatable bonds is 5. The molecular weight excluding hydrogens is 310 g/mol. The van der Waals surface area contributed by atoms with Crippen LogP contribution >= 0.6 is 11.8 Å². The van der Waals surface area contributed by atoms with Crippen molar-refractivity contribution in [1.29, 1.82) is 5.26 Å². The Morgan fingerprint density at radius 1 is 1.09 bits per heavy atom. The van der Waals surface area contributed by atoms with Gasteiger partial charge in [-0.05, 0) is 66.7 Å². The number of hydrogen-bond acceptors (Lipinski definition) is 5. The van der Waals surface area contributed by atoms with Crippen LogP contribution in [-0.4, -0.2) is 11.1 Å². The first kappa shape index (κ1) is 16.8. The van der Waals surface area contributed by atoms with Crippen molar-refractivity contribution in [2.24, 2.45) is 0 Å². The van der Waals surface area contributed by atoms with Gasteiger partial charge < -0.3 is 4.74 Å². The second-order valence-corrected chi connectivity index (χ2v) is 5.82. The van der Waals surface area contributed by atoms with Crippen LogP contribution in [-0.2, 0) is 4.79 Å². The average molecular weight is 325 g/mol. The lowest BCUT2D eigenvalue weighted by Crippen LogP contribution is -2.06. The molecule has 0 aromatic heterocycles. The Labute approximate surface area is 139 Å². The largest absolute Gasteiger partial charge is 0.427 e. The molecule has 0 saturated heterocycles. The highest BCUT2D eigenvalue weighted by Crippen LogP contribution is 2.24. The molecule has 0 aliphatic carbocycles. The molecule has 0 saturated carbocycles. The van der Waals surface area contributed by atoms with Crippen LogP contribution < -0.4 is 4.74 Å². The molecule has 23 heavy (non-hydrogen) atoms. The predicted octanol–water partition coefficient (Wildman–Crippen LogP) is 4.20. The number of carbonyl (C=O) groups is 2. The summed E-state index contributed by atoms with van der Waals surface area (Å²) in [7, 11) is 0. The summed E-state index contributed by atoms with van der Waals surface area (Å²) in [6, 6.07) is 15.3. The van der Waals surface area contributed by atoms with Gasteiger partial charge in [-0.25, -0.2) is 0 Å². The second-order valence-electron chi connectivity index (χ2n) is 4.77. The minimum atomic E-state index is -0.279. The van der Waals surface area contributed by atoms with Gasteiger partial charge in [-0.2, -0.15) is 5.26 Å². The number of hydrogen-bond donors (Lipinski definition) is 0. The van der Waals surface area contributed by atoms with Crippen molar-refractivity contribution in [2.45, 2.75) is 24.7 Å². The number of ether oxygens (including phenoxy) is 1. The van der Waals surface area contributed by atoms with Crippen molar-refractivity contribution < 1.29 is 14.3 Å². The summed E-state index contributed by atoms with van der Waals surface area (Å²) in [4.78, 5) is 24.4. The molecule has 2 aromatic rings. The molecule has 0 N–H and O–H groups in total. The monoisotopic (exact) mass is 325 g/mol. The van der Waals surface area contributed by atoms with Crippen LogP contribution in [0.1, 0.15) is 35.7 Å². The van der Waals surface area contributed by atoms with E-state index in [-0.39, 0.29) is 11.1 Å². The maximum atomic E-state index is 12.2. The van der Waals surface area contributed by atoms with Gasteiger partial charge in [0.25, 0.3) is 0 Å². The van der Waals surface area contributed by atoms with Crippen LogP contribution in [0.25, 0.3) is 0 Å². The van der Waals surface area contributed by atoms with Gasteiger partial charge in [0.05, 0.1) is 11.6 Å². The third-order valence-corrected chi connectivity index (χ3v) is 3.90.